The van der Waals surface area contributed by atoms with Crippen LogP contribution in [0.15, 0.2) is 34.7 Å². The molecule has 130 valence electrons. The number of rotatable bonds is 7. The van der Waals surface area contributed by atoms with Gasteiger partial charge in [-0.05, 0) is 37.7 Å². The molecule has 0 aliphatic carbocycles. The molecule has 0 unspecified atom stereocenters. The first-order valence-corrected chi connectivity index (χ1v) is 7.29. The topological polar surface area (TPSA) is 51.9 Å². The van der Waals surface area contributed by atoms with E-state index in [4.69, 9.17) is 9.15 Å². The van der Waals surface area contributed by atoms with Crippen molar-refractivity contribution in [2.24, 2.45) is 0 Å². The molecule has 0 N–H and O–H groups in total. The summed E-state index contributed by atoms with van der Waals surface area (Å²) in [6.07, 6.45) is 0. The first-order valence-electron chi connectivity index (χ1n) is 7.29. The van der Waals surface area contributed by atoms with Crippen molar-refractivity contribution in [1.82, 2.24) is 4.90 Å². The lowest BCUT2D eigenvalue weighted by Gasteiger charge is -2.15. The summed E-state index contributed by atoms with van der Waals surface area (Å²) in [7, 11) is 3.21. The first kappa shape index (κ1) is 17.9. The minimum atomic E-state index is -2.83. The molecule has 0 fully saturated rings. The standard InChI is InChI=1S/C17H19F2NO4/c1-11-15(16(21)22-3)8-14(23-11)10-20(2)9-12-4-6-13(7-5-12)24-17(18)19/h4-8,17H,9-10H2,1-3H3. The van der Waals surface area contributed by atoms with Crippen LogP contribution in [0.3, 0.4) is 0 Å². The second kappa shape index (κ2) is 7.92. The van der Waals surface area contributed by atoms with Gasteiger partial charge in [0, 0.05) is 6.54 Å². The van der Waals surface area contributed by atoms with Crippen LogP contribution < -0.4 is 4.74 Å². The Hall–Kier alpha value is -2.41. The minimum Gasteiger partial charge on any atom is -0.465 e. The summed E-state index contributed by atoms with van der Waals surface area (Å²) in [6, 6.07) is 8.11. The van der Waals surface area contributed by atoms with E-state index in [0.29, 0.717) is 30.2 Å². The Kier molecular flexibility index (Phi) is 5.92. The number of ether oxygens (including phenoxy) is 2. The van der Waals surface area contributed by atoms with E-state index in [1.54, 1.807) is 25.1 Å². The molecule has 0 aliphatic rings. The zero-order valence-corrected chi connectivity index (χ0v) is 13.7. The third-order valence-electron chi connectivity index (χ3n) is 3.40. The number of esters is 1. The van der Waals surface area contributed by atoms with Crippen molar-refractivity contribution in [3.63, 3.8) is 0 Å². The fourth-order valence-corrected chi connectivity index (χ4v) is 2.34. The smallest absolute Gasteiger partial charge is 0.387 e. The number of methoxy groups -OCH3 is 1. The van der Waals surface area contributed by atoms with Crippen molar-refractivity contribution < 1.29 is 27.5 Å². The van der Waals surface area contributed by atoms with Gasteiger partial charge in [0.15, 0.2) is 0 Å². The SMILES string of the molecule is COC(=O)c1cc(CN(C)Cc2ccc(OC(F)F)cc2)oc1C. The zero-order chi connectivity index (χ0) is 17.7. The molecule has 2 rings (SSSR count). The van der Waals surface area contributed by atoms with Gasteiger partial charge in [-0.15, -0.1) is 0 Å². The average Bonchev–Trinajstić information content (AvgIpc) is 2.88. The number of hydrogen-bond acceptors (Lipinski definition) is 5. The van der Waals surface area contributed by atoms with Gasteiger partial charge in [-0.2, -0.15) is 8.78 Å². The highest BCUT2D eigenvalue weighted by atomic mass is 19.3. The maximum atomic E-state index is 12.1. The molecule has 1 heterocycles. The number of carbonyl (C=O) groups excluding carboxylic acids is 1. The highest BCUT2D eigenvalue weighted by molar-refractivity contribution is 5.90. The summed E-state index contributed by atoms with van der Waals surface area (Å²) in [5, 5.41) is 0. The van der Waals surface area contributed by atoms with Gasteiger partial charge in [-0.1, -0.05) is 12.1 Å². The van der Waals surface area contributed by atoms with Crippen LogP contribution in [0, 0.1) is 6.92 Å². The Labute approximate surface area is 138 Å². The van der Waals surface area contributed by atoms with Crippen LogP contribution in [0.1, 0.15) is 27.4 Å². The summed E-state index contributed by atoms with van der Waals surface area (Å²) >= 11 is 0. The van der Waals surface area contributed by atoms with E-state index in [9.17, 15) is 13.6 Å². The van der Waals surface area contributed by atoms with Crippen molar-refractivity contribution in [2.45, 2.75) is 26.6 Å². The molecule has 0 atom stereocenters. The normalized spacial score (nSPS) is 11.1. The van der Waals surface area contributed by atoms with Crippen LogP contribution >= 0.6 is 0 Å². The van der Waals surface area contributed by atoms with Gasteiger partial charge in [0.05, 0.1) is 13.7 Å². The van der Waals surface area contributed by atoms with E-state index >= 15 is 0 Å². The maximum Gasteiger partial charge on any atom is 0.387 e. The van der Waals surface area contributed by atoms with E-state index in [1.165, 1.54) is 19.2 Å². The number of nitrogens with zero attached hydrogens (tertiary/aromatic N) is 1. The van der Waals surface area contributed by atoms with Gasteiger partial charge in [0.1, 0.15) is 22.8 Å². The van der Waals surface area contributed by atoms with E-state index in [0.717, 1.165) is 5.56 Å². The summed E-state index contributed by atoms with van der Waals surface area (Å²) in [6.45, 7) is -0.0444. The average molecular weight is 339 g/mol. The first-order chi connectivity index (χ1) is 11.4. The lowest BCUT2D eigenvalue weighted by molar-refractivity contribution is -0.0498. The van der Waals surface area contributed by atoms with Crippen LogP contribution in [0.5, 0.6) is 5.75 Å². The number of furan rings is 1. The molecule has 0 aliphatic heterocycles. The van der Waals surface area contributed by atoms with Gasteiger partial charge in [0.25, 0.3) is 0 Å². The van der Waals surface area contributed by atoms with Crippen LogP contribution in [0.2, 0.25) is 0 Å². The molecule has 7 heteroatoms. The number of aryl methyl sites for hydroxylation is 1. The van der Waals surface area contributed by atoms with Crippen molar-refractivity contribution in [2.75, 3.05) is 14.2 Å². The fraction of sp³-hybridized carbons (Fsp3) is 0.353. The molecular weight excluding hydrogens is 320 g/mol. The summed E-state index contributed by atoms with van der Waals surface area (Å²) in [4.78, 5) is 13.5. The number of benzene rings is 1. The molecular formula is C17H19F2NO4. The quantitative estimate of drug-likeness (QED) is 0.721. The minimum absolute atomic E-state index is 0.126. The van der Waals surface area contributed by atoms with Crippen LogP contribution in [-0.2, 0) is 17.8 Å². The summed E-state index contributed by atoms with van der Waals surface area (Å²) in [5.74, 6) is 0.854. The highest BCUT2D eigenvalue weighted by Crippen LogP contribution is 2.19. The number of halogens is 2. The molecule has 0 bridgehead atoms. The van der Waals surface area contributed by atoms with Crippen molar-refractivity contribution >= 4 is 5.97 Å². The van der Waals surface area contributed by atoms with E-state index in [-0.39, 0.29) is 5.75 Å². The van der Waals surface area contributed by atoms with Crippen LogP contribution in [0.4, 0.5) is 8.78 Å². The van der Waals surface area contributed by atoms with E-state index < -0.39 is 12.6 Å². The van der Waals surface area contributed by atoms with Gasteiger partial charge in [0.2, 0.25) is 0 Å². The zero-order valence-electron chi connectivity index (χ0n) is 13.7. The molecule has 1 aromatic carbocycles. The number of carbonyl (C=O) groups is 1. The van der Waals surface area contributed by atoms with Gasteiger partial charge in [-0.25, -0.2) is 4.79 Å². The Morgan fingerprint density at radius 2 is 1.92 bits per heavy atom. The number of alkyl halides is 2. The van der Waals surface area contributed by atoms with Crippen molar-refractivity contribution in [1.29, 1.82) is 0 Å². The second-order valence-electron chi connectivity index (χ2n) is 5.37. The van der Waals surface area contributed by atoms with E-state index in [1.807, 2.05) is 11.9 Å². The molecule has 0 saturated carbocycles. The van der Waals surface area contributed by atoms with Gasteiger partial charge < -0.3 is 13.9 Å². The maximum absolute atomic E-state index is 12.1. The molecule has 0 saturated heterocycles. The Morgan fingerprint density at radius 3 is 2.50 bits per heavy atom. The third kappa shape index (κ3) is 4.79. The molecule has 0 amide bonds. The van der Waals surface area contributed by atoms with Crippen LogP contribution in [0.25, 0.3) is 0 Å². The molecule has 0 radical (unpaired) electrons. The predicted octanol–water partition coefficient (Wildman–Crippen LogP) is 3.61. The van der Waals surface area contributed by atoms with Gasteiger partial charge >= 0.3 is 12.6 Å². The molecule has 1 aromatic heterocycles. The molecule has 2 aromatic rings. The highest BCUT2D eigenvalue weighted by Gasteiger charge is 2.16. The van der Waals surface area contributed by atoms with Crippen LogP contribution in [-0.4, -0.2) is 31.6 Å². The molecule has 0 spiro atoms. The second-order valence-corrected chi connectivity index (χ2v) is 5.37. The molecule has 5 nitrogen and oxygen atoms in total. The summed E-state index contributed by atoms with van der Waals surface area (Å²) in [5.41, 5.74) is 1.35. The fourth-order valence-electron chi connectivity index (χ4n) is 2.34. The monoisotopic (exact) mass is 339 g/mol. The third-order valence-corrected chi connectivity index (χ3v) is 3.40. The Morgan fingerprint density at radius 1 is 1.25 bits per heavy atom. The lowest BCUT2D eigenvalue weighted by atomic mass is 10.2. The Bertz CT molecular complexity index is 682. The lowest BCUT2D eigenvalue weighted by Crippen LogP contribution is -2.16. The predicted molar refractivity (Wildman–Crippen MR) is 83.0 cm³/mol. The van der Waals surface area contributed by atoms with Crippen molar-refractivity contribution in [3.8, 4) is 5.75 Å². The molecule has 24 heavy (non-hydrogen) atoms. The Balaban J connectivity index is 1.95. The number of hydrogen-bond donors (Lipinski definition) is 0. The largest absolute Gasteiger partial charge is 0.465 e. The van der Waals surface area contributed by atoms with Gasteiger partial charge in [-0.3, -0.25) is 4.90 Å². The van der Waals surface area contributed by atoms with Crippen molar-refractivity contribution in [3.05, 3.63) is 53.0 Å². The summed E-state index contributed by atoms with van der Waals surface area (Å²) < 4.78 is 38.8. The van der Waals surface area contributed by atoms with E-state index in [2.05, 4.69) is 4.74 Å².